The minimum Gasteiger partial charge on any atom is -0.420 e. The molecule has 0 unspecified atom stereocenters. The van der Waals surface area contributed by atoms with Gasteiger partial charge in [-0.05, 0) is 12.6 Å². The van der Waals surface area contributed by atoms with Gasteiger partial charge in [0, 0.05) is 0 Å². The second kappa shape index (κ2) is 1.47. The molecule has 0 aliphatic rings. The highest BCUT2D eigenvalue weighted by atomic mass is 16.3. The minimum absolute atomic E-state index is 0.113. The summed E-state index contributed by atoms with van der Waals surface area (Å²) in [5, 5.41) is 11.1. The van der Waals surface area contributed by atoms with Gasteiger partial charge in [0.15, 0.2) is 0 Å². The van der Waals surface area contributed by atoms with Gasteiger partial charge in [-0.15, -0.1) is 0 Å². The van der Waals surface area contributed by atoms with E-state index in [1.54, 1.807) is 12.3 Å². The molecule has 0 radical (unpaired) electrons. The van der Waals surface area contributed by atoms with Crippen LogP contribution in [0.1, 0.15) is 0 Å². The van der Waals surface area contributed by atoms with Crippen LogP contribution in [0.25, 0.3) is 12.1 Å². The lowest BCUT2D eigenvalue weighted by Crippen LogP contribution is -2.04. The van der Waals surface area contributed by atoms with Crippen molar-refractivity contribution in [2.75, 3.05) is 0 Å². The highest BCUT2D eigenvalue weighted by Gasteiger charge is 1.98. The zero-order chi connectivity index (χ0) is 7.14. The molecule has 0 atom stereocenters. The van der Waals surface area contributed by atoms with E-state index in [2.05, 4.69) is 11.7 Å². The third kappa shape index (κ3) is 0.452. The molecule has 4 nitrogen and oxygen atoms in total. The second-order valence-corrected chi connectivity index (χ2v) is 1.95. The summed E-state index contributed by atoms with van der Waals surface area (Å²) in [6.07, 6.45) is 1.61. The van der Waals surface area contributed by atoms with Crippen LogP contribution in [0.3, 0.4) is 0 Å². The number of aromatic nitrogens is 2. The molecule has 0 aromatic carbocycles. The number of hydrogen-bond donors (Lipinski definition) is 1. The van der Waals surface area contributed by atoms with E-state index in [4.69, 9.17) is 9.83 Å². The number of fused-ring (bicyclic) bond motifs is 1. The molecular formula is C6H5N3O. The maximum Gasteiger partial charge on any atom is 0.240 e. The Morgan fingerprint density at radius 2 is 2.50 bits per heavy atom. The minimum atomic E-state index is 0.113. The lowest BCUT2D eigenvalue weighted by molar-refractivity contribution is 0.459. The quantitative estimate of drug-likeness (QED) is 0.531. The fourth-order valence-corrected chi connectivity index (χ4v) is 0.887. The summed E-state index contributed by atoms with van der Waals surface area (Å²) in [4.78, 5) is 0. The summed E-state index contributed by atoms with van der Waals surface area (Å²) in [5.41, 5.74) is 1.16. The summed E-state index contributed by atoms with van der Waals surface area (Å²) in [6, 6.07) is 1.71. The Morgan fingerprint density at radius 1 is 1.70 bits per heavy atom. The summed E-state index contributed by atoms with van der Waals surface area (Å²) < 4.78 is 6.35. The van der Waals surface area contributed by atoms with E-state index in [0.717, 1.165) is 0 Å². The van der Waals surface area contributed by atoms with Crippen molar-refractivity contribution < 1.29 is 4.42 Å². The van der Waals surface area contributed by atoms with E-state index in [1.807, 2.05) is 0 Å². The van der Waals surface area contributed by atoms with Crippen molar-refractivity contribution in [1.82, 2.24) is 9.61 Å². The van der Waals surface area contributed by atoms with Gasteiger partial charge in [-0.25, -0.2) is 0 Å². The molecule has 0 bridgehead atoms. The number of oxazole rings is 1. The van der Waals surface area contributed by atoms with Crippen molar-refractivity contribution in [2.45, 2.75) is 0 Å². The number of rotatable bonds is 0. The predicted octanol–water partition coefficient (Wildman–Crippen LogP) is -0.464. The number of nitrogens with one attached hydrogen (secondary N) is 1. The predicted molar refractivity (Wildman–Crippen MR) is 34.1 cm³/mol. The van der Waals surface area contributed by atoms with E-state index in [-0.39, 0.29) is 5.55 Å². The van der Waals surface area contributed by atoms with Gasteiger partial charge in [-0.1, -0.05) is 0 Å². The first kappa shape index (κ1) is 5.22. The van der Waals surface area contributed by atoms with Gasteiger partial charge in [0.05, 0.1) is 6.20 Å². The molecule has 50 valence electrons. The van der Waals surface area contributed by atoms with Gasteiger partial charge in [0.25, 0.3) is 0 Å². The molecule has 2 aromatic heterocycles. The highest BCUT2D eigenvalue weighted by Crippen LogP contribution is 1.87. The molecule has 0 fully saturated rings. The van der Waals surface area contributed by atoms with Crippen LogP contribution < -0.4 is 11.1 Å². The van der Waals surface area contributed by atoms with Gasteiger partial charge in [0.1, 0.15) is 5.52 Å². The molecule has 0 amide bonds. The monoisotopic (exact) mass is 135 g/mol. The molecule has 1 N–H and O–H groups in total. The summed E-state index contributed by atoms with van der Waals surface area (Å²) in [7, 11) is 0. The molecule has 0 spiro atoms. The smallest absolute Gasteiger partial charge is 0.240 e. The van der Waals surface area contributed by atoms with E-state index in [9.17, 15) is 0 Å². The van der Waals surface area contributed by atoms with Crippen LogP contribution in [0.2, 0.25) is 0 Å². The van der Waals surface area contributed by atoms with Crippen molar-refractivity contribution in [3.63, 3.8) is 0 Å². The Labute approximate surface area is 55.9 Å². The third-order valence-electron chi connectivity index (χ3n) is 1.33. The summed E-state index contributed by atoms with van der Waals surface area (Å²) in [6.45, 7) is 3.56. The molecule has 0 aliphatic heterocycles. The van der Waals surface area contributed by atoms with Gasteiger partial charge < -0.3 is 4.42 Å². The molecule has 0 saturated heterocycles. The largest absolute Gasteiger partial charge is 0.420 e. The lowest BCUT2D eigenvalue weighted by Gasteiger charge is -1.72. The fraction of sp³-hybridized carbons (Fsp3) is 0. The van der Waals surface area contributed by atoms with Gasteiger partial charge in [-0.2, -0.15) is 9.61 Å². The number of hydrogen-bond acceptors (Lipinski definition) is 3. The topological polar surface area (TPSA) is 54.3 Å². The third-order valence-corrected chi connectivity index (χ3v) is 1.33. The first-order chi connectivity index (χ1) is 4.79. The van der Waals surface area contributed by atoms with Gasteiger partial charge >= 0.3 is 0 Å². The average molecular weight is 135 g/mol. The Morgan fingerprint density at radius 3 is 3.20 bits per heavy atom. The van der Waals surface area contributed by atoms with E-state index >= 15 is 0 Å². The van der Waals surface area contributed by atoms with Crippen LogP contribution in [0.15, 0.2) is 16.7 Å². The van der Waals surface area contributed by atoms with Gasteiger partial charge in [-0.3, -0.25) is 5.41 Å². The van der Waals surface area contributed by atoms with Crippen molar-refractivity contribution in [3.05, 3.63) is 23.4 Å². The van der Waals surface area contributed by atoms with Crippen LogP contribution in [-0.4, -0.2) is 9.61 Å². The molecule has 10 heavy (non-hydrogen) atoms. The molecule has 0 aliphatic carbocycles. The SMILES string of the molecule is C=c1oc(=N)c2ccnn12. The Kier molecular flexibility index (Phi) is 0.768. The van der Waals surface area contributed by atoms with Crippen LogP contribution in [0, 0.1) is 5.41 Å². The standard InChI is InChI=1S/C6H5N3O/c1-4-9-5(2-3-8-9)6(7)10-4/h2-3,7H,1H2. The summed E-state index contributed by atoms with van der Waals surface area (Å²) in [5.74, 6) is 0. The Hall–Kier alpha value is -1.58. The zero-order valence-corrected chi connectivity index (χ0v) is 5.16. The van der Waals surface area contributed by atoms with Crippen molar-refractivity contribution in [2.24, 2.45) is 0 Å². The molecule has 2 rings (SSSR count). The van der Waals surface area contributed by atoms with Crippen molar-refractivity contribution >= 4 is 12.1 Å². The van der Waals surface area contributed by atoms with E-state index < -0.39 is 0 Å². The molecular weight excluding hydrogens is 130 g/mol. The zero-order valence-electron chi connectivity index (χ0n) is 5.16. The molecule has 2 aromatic rings. The summed E-state index contributed by atoms with van der Waals surface area (Å²) >= 11 is 0. The highest BCUT2D eigenvalue weighted by molar-refractivity contribution is 5.40. The average Bonchev–Trinajstić information content (AvgIpc) is 2.39. The first-order valence-corrected chi connectivity index (χ1v) is 2.79. The lowest BCUT2D eigenvalue weighted by atomic mass is 10.6. The van der Waals surface area contributed by atoms with Gasteiger partial charge in [0.2, 0.25) is 11.1 Å². The normalized spacial score (nSPS) is 10.8. The Balaban J connectivity index is 3.28. The maximum atomic E-state index is 7.23. The van der Waals surface area contributed by atoms with Crippen LogP contribution in [-0.2, 0) is 0 Å². The van der Waals surface area contributed by atoms with Crippen LogP contribution >= 0.6 is 0 Å². The van der Waals surface area contributed by atoms with Crippen LogP contribution in [0.5, 0.6) is 0 Å². The first-order valence-electron chi connectivity index (χ1n) is 2.79. The van der Waals surface area contributed by atoms with Crippen LogP contribution in [0.4, 0.5) is 0 Å². The van der Waals surface area contributed by atoms with E-state index in [1.165, 1.54) is 4.52 Å². The Bertz CT molecular complexity index is 413. The van der Waals surface area contributed by atoms with Crippen molar-refractivity contribution in [3.8, 4) is 0 Å². The molecule has 4 heteroatoms. The molecule has 0 saturated carbocycles. The maximum absolute atomic E-state index is 7.23. The number of nitrogens with zero attached hydrogens (tertiary/aromatic N) is 2. The van der Waals surface area contributed by atoms with Crippen molar-refractivity contribution in [1.29, 1.82) is 5.41 Å². The molecule has 2 heterocycles. The van der Waals surface area contributed by atoms with E-state index in [0.29, 0.717) is 11.1 Å². The fourth-order valence-electron chi connectivity index (χ4n) is 0.887. The second-order valence-electron chi connectivity index (χ2n) is 1.95.